The molecule has 0 radical (unpaired) electrons. The summed E-state index contributed by atoms with van der Waals surface area (Å²) >= 11 is 0. The molecule has 0 aliphatic carbocycles. The number of carbonyl (C=O) groups excluding carboxylic acids is 2. The maximum atomic E-state index is 13.0. The largest absolute Gasteiger partial charge is 0.448 e. The molecule has 0 bridgehead atoms. The number of amides is 1. The number of aromatic nitrogens is 2. The van der Waals surface area contributed by atoms with E-state index in [-0.39, 0.29) is 23.2 Å². The molecule has 1 unspecified atom stereocenters. The van der Waals surface area contributed by atoms with Crippen LogP contribution in [0.3, 0.4) is 0 Å². The molecule has 0 saturated heterocycles. The molecule has 1 aliphatic heterocycles. The van der Waals surface area contributed by atoms with Crippen LogP contribution >= 0.6 is 0 Å². The zero-order valence-corrected chi connectivity index (χ0v) is 17.9. The van der Waals surface area contributed by atoms with Gasteiger partial charge in [-0.1, -0.05) is 42.5 Å². The first-order valence-electron chi connectivity index (χ1n) is 10.4. The Kier molecular flexibility index (Phi) is 5.59. The van der Waals surface area contributed by atoms with E-state index in [9.17, 15) is 14.4 Å². The van der Waals surface area contributed by atoms with Gasteiger partial charge in [0, 0.05) is 18.5 Å². The number of benzene rings is 2. The second-order valence-corrected chi connectivity index (χ2v) is 8.06. The molecule has 1 atom stereocenters. The molecule has 0 N–H and O–H groups in total. The van der Waals surface area contributed by atoms with Crippen molar-refractivity contribution in [3.63, 3.8) is 0 Å². The average Bonchev–Trinajstić information content (AvgIpc) is 2.78. The number of carbonyl (C=O) groups is 2. The Morgan fingerprint density at radius 1 is 0.968 bits per heavy atom. The van der Waals surface area contributed by atoms with Crippen molar-refractivity contribution in [3.05, 3.63) is 75.7 Å². The minimum atomic E-state index is -0.960. The molecule has 0 saturated carbocycles. The Hall–Kier alpha value is -3.48. The van der Waals surface area contributed by atoms with Crippen LogP contribution in [-0.2, 0) is 22.5 Å². The number of ether oxygens (including phenoxy) is 1. The molecule has 2 heterocycles. The van der Waals surface area contributed by atoms with E-state index in [1.807, 2.05) is 32.0 Å². The van der Waals surface area contributed by atoms with Crippen LogP contribution in [0, 0.1) is 0 Å². The summed E-state index contributed by atoms with van der Waals surface area (Å²) in [6.07, 6.45) is -0.188. The van der Waals surface area contributed by atoms with Crippen molar-refractivity contribution in [3.8, 4) is 0 Å². The first kappa shape index (κ1) is 20.8. The Morgan fingerprint density at radius 3 is 2.32 bits per heavy atom. The molecule has 0 fully saturated rings. The van der Waals surface area contributed by atoms with E-state index in [4.69, 9.17) is 4.74 Å². The van der Waals surface area contributed by atoms with Gasteiger partial charge >= 0.3 is 5.97 Å². The van der Waals surface area contributed by atoms with E-state index >= 15 is 0 Å². The zero-order chi connectivity index (χ0) is 22.1. The quantitative estimate of drug-likeness (QED) is 0.607. The molecule has 7 heteroatoms. The molecule has 1 amide bonds. The van der Waals surface area contributed by atoms with Crippen molar-refractivity contribution < 1.29 is 14.3 Å². The van der Waals surface area contributed by atoms with E-state index in [0.29, 0.717) is 23.9 Å². The molecule has 31 heavy (non-hydrogen) atoms. The molecule has 1 aliphatic rings. The first-order chi connectivity index (χ1) is 14.9. The number of esters is 1. The van der Waals surface area contributed by atoms with E-state index < -0.39 is 12.1 Å². The standard InChI is InChI=1S/C24H25N3O4/c1-15(2)27-23(29)20-11-7-6-10-19(20)21(25-27)24(30)31-16(3)22(28)26-13-12-17-8-4-5-9-18(17)14-26/h4-11,15-16H,12-14H2,1-3H3. The van der Waals surface area contributed by atoms with Gasteiger partial charge in [-0.15, -0.1) is 0 Å². The Labute approximate surface area is 180 Å². The summed E-state index contributed by atoms with van der Waals surface area (Å²) in [4.78, 5) is 40.3. The molecule has 3 aromatic rings. The maximum absolute atomic E-state index is 13.0. The van der Waals surface area contributed by atoms with Crippen LogP contribution < -0.4 is 5.56 Å². The van der Waals surface area contributed by atoms with Crippen molar-refractivity contribution in [1.29, 1.82) is 0 Å². The lowest BCUT2D eigenvalue weighted by atomic mass is 9.99. The number of rotatable bonds is 4. The summed E-state index contributed by atoms with van der Waals surface area (Å²) in [6.45, 7) is 6.28. The van der Waals surface area contributed by atoms with Crippen molar-refractivity contribution in [2.75, 3.05) is 6.54 Å². The normalized spacial score (nSPS) is 14.4. The van der Waals surface area contributed by atoms with Gasteiger partial charge in [0.15, 0.2) is 11.8 Å². The third-order valence-electron chi connectivity index (χ3n) is 5.58. The second kappa shape index (κ2) is 8.34. The van der Waals surface area contributed by atoms with Crippen LogP contribution in [-0.4, -0.2) is 39.2 Å². The van der Waals surface area contributed by atoms with Crippen LogP contribution in [0.25, 0.3) is 10.8 Å². The smallest absolute Gasteiger partial charge is 0.360 e. The monoisotopic (exact) mass is 419 g/mol. The minimum absolute atomic E-state index is 0.0348. The molecule has 2 aromatic carbocycles. The first-order valence-corrected chi connectivity index (χ1v) is 10.4. The topological polar surface area (TPSA) is 81.5 Å². The minimum Gasteiger partial charge on any atom is -0.448 e. The van der Waals surface area contributed by atoms with Gasteiger partial charge in [-0.05, 0) is 44.4 Å². The second-order valence-electron chi connectivity index (χ2n) is 8.06. The predicted molar refractivity (Wildman–Crippen MR) is 117 cm³/mol. The lowest BCUT2D eigenvalue weighted by Crippen LogP contribution is -2.42. The Balaban J connectivity index is 1.57. The lowest BCUT2D eigenvalue weighted by Gasteiger charge is -2.30. The fraction of sp³-hybridized carbons (Fsp3) is 0.333. The maximum Gasteiger partial charge on any atom is 0.360 e. The van der Waals surface area contributed by atoms with Crippen LogP contribution in [0.4, 0.5) is 0 Å². The van der Waals surface area contributed by atoms with Crippen LogP contribution in [0.2, 0.25) is 0 Å². The molecule has 4 rings (SSSR count). The summed E-state index contributed by atoms with van der Waals surface area (Å²) in [6, 6.07) is 14.6. The molecule has 1 aromatic heterocycles. The number of nitrogens with zero attached hydrogens (tertiary/aromatic N) is 3. The fourth-order valence-corrected chi connectivity index (χ4v) is 3.92. The highest BCUT2D eigenvalue weighted by molar-refractivity contribution is 6.02. The zero-order valence-electron chi connectivity index (χ0n) is 17.9. The van der Waals surface area contributed by atoms with Crippen LogP contribution in [0.1, 0.15) is 48.4 Å². The van der Waals surface area contributed by atoms with Crippen molar-refractivity contribution in [1.82, 2.24) is 14.7 Å². The highest BCUT2D eigenvalue weighted by Crippen LogP contribution is 2.21. The van der Waals surface area contributed by atoms with Crippen molar-refractivity contribution in [2.45, 2.75) is 45.9 Å². The van der Waals surface area contributed by atoms with Gasteiger partial charge in [0.1, 0.15) is 0 Å². The number of hydrogen-bond donors (Lipinski definition) is 0. The van der Waals surface area contributed by atoms with Gasteiger partial charge < -0.3 is 9.64 Å². The lowest BCUT2D eigenvalue weighted by molar-refractivity contribution is -0.140. The molecular weight excluding hydrogens is 394 g/mol. The van der Waals surface area contributed by atoms with E-state index in [1.165, 1.54) is 10.2 Å². The highest BCUT2D eigenvalue weighted by Gasteiger charge is 2.28. The number of hydrogen-bond acceptors (Lipinski definition) is 5. The van der Waals surface area contributed by atoms with Gasteiger partial charge in [-0.2, -0.15) is 5.10 Å². The van der Waals surface area contributed by atoms with Crippen LogP contribution in [0.5, 0.6) is 0 Å². The SMILES string of the molecule is CC(OC(=O)c1nn(C(C)C)c(=O)c2ccccc12)C(=O)N1CCc2ccccc2C1. The average molecular weight is 419 g/mol. The third kappa shape index (κ3) is 3.95. The van der Waals surface area contributed by atoms with E-state index in [0.717, 1.165) is 12.0 Å². The molecular formula is C24H25N3O4. The highest BCUT2D eigenvalue weighted by atomic mass is 16.5. The summed E-state index contributed by atoms with van der Waals surface area (Å²) in [7, 11) is 0. The molecule has 7 nitrogen and oxygen atoms in total. The number of fused-ring (bicyclic) bond motifs is 2. The Bertz CT molecular complexity index is 1210. The van der Waals surface area contributed by atoms with Gasteiger partial charge in [0.2, 0.25) is 0 Å². The Morgan fingerprint density at radius 2 is 1.61 bits per heavy atom. The summed E-state index contributed by atoms with van der Waals surface area (Å²) < 4.78 is 6.78. The summed E-state index contributed by atoms with van der Waals surface area (Å²) in [5, 5.41) is 5.07. The van der Waals surface area contributed by atoms with Gasteiger partial charge in [0.25, 0.3) is 11.5 Å². The van der Waals surface area contributed by atoms with Crippen LogP contribution in [0.15, 0.2) is 53.3 Å². The molecule has 160 valence electrons. The van der Waals surface area contributed by atoms with E-state index in [1.54, 1.807) is 36.1 Å². The van der Waals surface area contributed by atoms with Gasteiger partial charge in [-0.25, -0.2) is 9.48 Å². The third-order valence-corrected chi connectivity index (χ3v) is 5.58. The van der Waals surface area contributed by atoms with Gasteiger partial charge in [-0.3, -0.25) is 9.59 Å². The summed E-state index contributed by atoms with van der Waals surface area (Å²) in [5.41, 5.74) is 2.12. The predicted octanol–water partition coefficient (Wildman–Crippen LogP) is 3.11. The molecule has 0 spiro atoms. The van der Waals surface area contributed by atoms with Crippen molar-refractivity contribution >= 4 is 22.6 Å². The van der Waals surface area contributed by atoms with Crippen molar-refractivity contribution in [2.24, 2.45) is 0 Å². The fourth-order valence-electron chi connectivity index (χ4n) is 3.92. The van der Waals surface area contributed by atoms with E-state index in [2.05, 4.69) is 11.2 Å². The summed E-state index contributed by atoms with van der Waals surface area (Å²) in [5.74, 6) is -0.965. The van der Waals surface area contributed by atoms with Gasteiger partial charge in [0.05, 0.1) is 11.4 Å².